The highest BCUT2D eigenvalue weighted by Gasteiger charge is 2.25. The molecule has 4 aromatic rings. The number of piperazine rings is 1. The zero-order valence-electron chi connectivity index (χ0n) is 19.2. The molecule has 174 valence electrons. The van der Waals surface area contributed by atoms with E-state index in [1.54, 1.807) is 19.6 Å². The quantitative estimate of drug-likeness (QED) is 0.457. The van der Waals surface area contributed by atoms with Crippen molar-refractivity contribution in [3.8, 4) is 5.75 Å². The number of rotatable bonds is 6. The number of para-hydroxylation sites is 2. The zero-order chi connectivity index (χ0) is 23.5. The van der Waals surface area contributed by atoms with E-state index in [2.05, 4.69) is 36.1 Å². The van der Waals surface area contributed by atoms with Gasteiger partial charge in [0, 0.05) is 32.4 Å². The Labute approximate surface area is 202 Å². The molecule has 4 heterocycles. The molecular weight excluding hydrogens is 448 g/mol. The third-order valence-electron chi connectivity index (χ3n) is 6.07. The number of aryl methyl sites for hydroxylation is 1. The van der Waals surface area contributed by atoms with E-state index in [0.717, 1.165) is 64.9 Å². The molecule has 34 heavy (non-hydrogen) atoms. The normalized spacial score (nSPS) is 13.8. The monoisotopic (exact) mass is 474 g/mol. The molecule has 1 aliphatic rings. The summed E-state index contributed by atoms with van der Waals surface area (Å²) in [5, 5.41) is 3.94. The van der Waals surface area contributed by atoms with Crippen molar-refractivity contribution < 1.29 is 9.53 Å². The Morgan fingerprint density at radius 1 is 1.03 bits per heavy atom. The number of fused-ring (bicyclic) bond motifs is 1. The average molecular weight is 475 g/mol. The van der Waals surface area contributed by atoms with Crippen LogP contribution in [0.2, 0.25) is 0 Å². The number of hydrogen-bond acceptors (Lipinski definition) is 8. The molecule has 0 unspecified atom stereocenters. The number of hydrogen-bond donors (Lipinski definition) is 1. The van der Waals surface area contributed by atoms with Gasteiger partial charge in [-0.3, -0.25) is 9.78 Å². The Morgan fingerprint density at radius 2 is 1.79 bits per heavy atom. The Morgan fingerprint density at radius 3 is 2.56 bits per heavy atom. The maximum atomic E-state index is 12.9. The van der Waals surface area contributed by atoms with Crippen LogP contribution in [-0.2, 0) is 6.54 Å². The van der Waals surface area contributed by atoms with Gasteiger partial charge in [0.05, 0.1) is 35.3 Å². The van der Waals surface area contributed by atoms with Gasteiger partial charge in [-0.2, -0.15) is 0 Å². The first-order valence-electron chi connectivity index (χ1n) is 11.2. The van der Waals surface area contributed by atoms with Crippen LogP contribution >= 0.6 is 11.3 Å². The Hall–Kier alpha value is -3.72. The zero-order valence-corrected chi connectivity index (χ0v) is 20.0. The number of anilines is 2. The number of carbonyl (C=O) groups is 1. The summed E-state index contributed by atoms with van der Waals surface area (Å²) in [7, 11) is 1.70. The highest BCUT2D eigenvalue weighted by atomic mass is 32.1. The van der Waals surface area contributed by atoms with Crippen molar-refractivity contribution in [1.29, 1.82) is 0 Å². The van der Waals surface area contributed by atoms with Crippen LogP contribution < -0.4 is 19.9 Å². The van der Waals surface area contributed by atoms with Crippen molar-refractivity contribution in [1.82, 2.24) is 20.3 Å². The van der Waals surface area contributed by atoms with Crippen molar-refractivity contribution in [3.05, 3.63) is 71.1 Å². The molecule has 9 heteroatoms. The molecule has 3 aromatic heterocycles. The summed E-state index contributed by atoms with van der Waals surface area (Å²) in [6.07, 6.45) is 3.32. The van der Waals surface area contributed by atoms with Gasteiger partial charge in [0.1, 0.15) is 22.7 Å². The fraction of sp³-hybridized carbons (Fsp3) is 0.280. The van der Waals surface area contributed by atoms with E-state index in [-0.39, 0.29) is 5.91 Å². The molecule has 0 saturated carbocycles. The van der Waals surface area contributed by atoms with E-state index < -0.39 is 0 Å². The number of pyridine rings is 1. The molecule has 1 N–H and O–H groups in total. The molecular formula is C25H26N6O2S. The van der Waals surface area contributed by atoms with Crippen LogP contribution in [0.25, 0.3) is 10.2 Å². The molecule has 1 saturated heterocycles. The fourth-order valence-corrected chi connectivity index (χ4v) is 5.37. The summed E-state index contributed by atoms with van der Waals surface area (Å²) in [6, 6.07) is 13.8. The van der Waals surface area contributed by atoms with Crippen LogP contribution in [0.15, 0.2) is 55.0 Å². The van der Waals surface area contributed by atoms with Crippen molar-refractivity contribution in [2.75, 3.05) is 43.1 Å². The van der Waals surface area contributed by atoms with E-state index in [0.29, 0.717) is 11.4 Å². The smallest absolute Gasteiger partial charge is 0.262 e. The lowest BCUT2D eigenvalue weighted by molar-refractivity contribution is 0.0954. The standard InChI is InChI=1S/C25H26N6O2S/c1-17-21-23(31-13-11-30(12-14-31)19-8-3-4-9-20(19)33-2)28-16-29-25(21)34-22(17)24(32)27-15-18-7-5-6-10-26-18/h3-10,16H,11-15H2,1-2H3,(H,27,32). The molecule has 8 nitrogen and oxygen atoms in total. The van der Waals surface area contributed by atoms with Crippen molar-refractivity contribution in [2.45, 2.75) is 13.5 Å². The fourth-order valence-electron chi connectivity index (χ4n) is 4.31. The van der Waals surface area contributed by atoms with Crippen LogP contribution in [0.1, 0.15) is 20.9 Å². The summed E-state index contributed by atoms with van der Waals surface area (Å²) in [5.74, 6) is 1.66. The minimum atomic E-state index is -0.113. The lowest BCUT2D eigenvalue weighted by Gasteiger charge is -2.37. The highest BCUT2D eigenvalue weighted by molar-refractivity contribution is 7.20. The SMILES string of the molecule is COc1ccccc1N1CCN(c2ncnc3sc(C(=O)NCc4ccccn4)c(C)c23)CC1. The number of methoxy groups -OCH3 is 1. The predicted molar refractivity (Wildman–Crippen MR) is 135 cm³/mol. The second kappa shape index (κ2) is 9.64. The van der Waals surface area contributed by atoms with Crippen LogP contribution in [0.4, 0.5) is 11.5 Å². The molecule has 0 bridgehead atoms. The maximum absolute atomic E-state index is 12.9. The summed E-state index contributed by atoms with van der Waals surface area (Å²) >= 11 is 1.41. The molecule has 1 amide bonds. The minimum Gasteiger partial charge on any atom is -0.495 e. The molecule has 0 atom stereocenters. The van der Waals surface area contributed by atoms with E-state index in [1.807, 2.05) is 43.3 Å². The first kappa shape index (κ1) is 22.1. The minimum absolute atomic E-state index is 0.113. The topological polar surface area (TPSA) is 83.5 Å². The van der Waals surface area contributed by atoms with Gasteiger partial charge in [0.25, 0.3) is 5.91 Å². The molecule has 0 radical (unpaired) electrons. The summed E-state index contributed by atoms with van der Waals surface area (Å²) < 4.78 is 5.54. The summed E-state index contributed by atoms with van der Waals surface area (Å²) in [5.41, 5.74) is 2.85. The highest BCUT2D eigenvalue weighted by Crippen LogP contribution is 2.36. The van der Waals surface area contributed by atoms with E-state index in [4.69, 9.17) is 4.74 Å². The third kappa shape index (κ3) is 4.26. The van der Waals surface area contributed by atoms with Gasteiger partial charge in [-0.05, 0) is 36.8 Å². The number of benzene rings is 1. The number of thiophene rings is 1. The van der Waals surface area contributed by atoms with E-state index >= 15 is 0 Å². The number of carbonyl (C=O) groups excluding carboxylic acids is 1. The largest absolute Gasteiger partial charge is 0.495 e. The number of nitrogens with one attached hydrogen (secondary N) is 1. The van der Waals surface area contributed by atoms with Crippen LogP contribution in [0.3, 0.4) is 0 Å². The first-order valence-corrected chi connectivity index (χ1v) is 12.0. The number of aromatic nitrogens is 3. The number of amides is 1. The van der Waals surface area contributed by atoms with Crippen LogP contribution in [0, 0.1) is 6.92 Å². The first-order chi connectivity index (χ1) is 16.7. The molecule has 5 rings (SSSR count). The van der Waals surface area contributed by atoms with Gasteiger partial charge in [-0.1, -0.05) is 18.2 Å². The second-order valence-corrected chi connectivity index (χ2v) is 9.08. The van der Waals surface area contributed by atoms with Crippen molar-refractivity contribution >= 4 is 39.0 Å². The van der Waals surface area contributed by atoms with Crippen LogP contribution in [0.5, 0.6) is 5.75 Å². The predicted octanol–water partition coefficient (Wildman–Crippen LogP) is 3.66. The molecule has 1 aliphatic heterocycles. The van der Waals surface area contributed by atoms with E-state index in [1.165, 1.54) is 11.3 Å². The Balaban J connectivity index is 1.34. The molecule has 0 aliphatic carbocycles. The van der Waals surface area contributed by atoms with Gasteiger partial charge in [-0.25, -0.2) is 9.97 Å². The van der Waals surface area contributed by atoms with Gasteiger partial charge < -0.3 is 19.9 Å². The van der Waals surface area contributed by atoms with Gasteiger partial charge in [0.2, 0.25) is 0 Å². The average Bonchev–Trinajstić information content (AvgIpc) is 3.24. The van der Waals surface area contributed by atoms with Crippen molar-refractivity contribution in [3.63, 3.8) is 0 Å². The summed E-state index contributed by atoms with van der Waals surface area (Å²) in [4.78, 5) is 32.4. The second-order valence-electron chi connectivity index (χ2n) is 8.08. The Kier molecular flexibility index (Phi) is 6.27. The molecule has 1 aromatic carbocycles. The van der Waals surface area contributed by atoms with Crippen LogP contribution in [-0.4, -0.2) is 54.1 Å². The van der Waals surface area contributed by atoms with Gasteiger partial charge in [-0.15, -0.1) is 11.3 Å². The number of nitrogens with zero attached hydrogens (tertiary/aromatic N) is 5. The third-order valence-corrected chi connectivity index (χ3v) is 7.27. The lowest BCUT2D eigenvalue weighted by Crippen LogP contribution is -2.47. The number of ether oxygens (including phenoxy) is 1. The van der Waals surface area contributed by atoms with Crippen molar-refractivity contribution in [2.24, 2.45) is 0 Å². The van der Waals surface area contributed by atoms with E-state index in [9.17, 15) is 4.79 Å². The lowest BCUT2D eigenvalue weighted by atomic mass is 10.1. The van der Waals surface area contributed by atoms with Gasteiger partial charge in [0.15, 0.2) is 0 Å². The van der Waals surface area contributed by atoms with Gasteiger partial charge >= 0.3 is 0 Å². The maximum Gasteiger partial charge on any atom is 0.262 e. The summed E-state index contributed by atoms with van der Waals surface area (Å²) in [6.45, 7) is 5.71. The molecule has 0 spiro atoms. The Bertz CT molecular complexity index is 1300. The molecule has 1 fully saturated rings.